The van der Waals surface area contributed by atoms with Gasteiger partial charge in [-0.15, -0.1) is 0 Å². The van der Waals surface area contributed by atoms with Crippen molar-refractivity contribution in [3.8, 4) is 0 Å². The Labute approximate surface area is 132 Å². The summed E-state index contributed by atoms with van der Waals surface area (Å²) < 4.78 is 0. The summed E-state index contributed by atoms with van der Waals surface area (Å²) in [5.41, 5.74) is -0.0789. The molecule has 0 radical (unpaired) electrons. The second-order valence-electron chi connectivity index (χ2n) is 7.62. The third-order valence-corrected chi connectivity index (χ3v) is 5.28. The first-order chi connectivity index (χ1) is 9.92. The van der Waals surface area contributed by atoms with Crippen LogP contribution in [0.5, 0.6) is 0 Å². The van der Waals surface area contributed by atoms with Gasteiger partial charge in [0, 0.05) is 11.6 Å². The lowest BCUT2D eigenvalue weighted by Crippen LogP contribution is -2.51. The van der Waals surface area contributed by atoms with Crippen molar-refractivity contribution in [3.63, 3.8) is 0 Å². The second-order valence-corrected chi connectivity index (χ2v) is 7.62. The number of rotatable bonds is 9. The molecule has 0 amide bonds. The molecule has 1 fully saturated rings. The van der Waals surface area contributed by atoms with Crippen LogP contribution in [0.25, 0.3) is 0 Å². The van der Waals surface area contributed by atoms with Gasteiger partial charge in [0.25, 0.3) is 0 Å². The molecule has 0 aliphatic carbocycles. The Hall–Kier alpha value is -0.120. The molecular formula is C18H38N2O. The SMILES string of the molecule is CCC(CO)(CCCN1CCC(C(C)C)CC1)NC(C)C. The molecule has 3 nitrogen and oxygen atoms in total. The zero-order valence-electron chi connectivity index (χ0n) is 15.0. The van der Waals surface area contributed by atoms with E-state index in [1.807, 2.05) is 0 Å². The minimum Gasteiger partial charge on any atom is -0.394 e. The van der Waals surface area contributed by atoms with Crippen LogP contribution in [0.2, 0.25) is 0 Å². The zero-order valence-corrected chi connectivity index (χ0v) is 15.0. The quantitative estimate of drug-likeness (QED) is 0.686. The van der Waals surface area contributed by atoms with Gasteiger partial charge >= 0.3 is 0 Å². The van der Waals surface area contributed by atoms with Crippen LogP contribution < -0.4 is 5.32 Å². The van der Waals surface area contributed by atoms with Gasteiger partial charge in [-0.3, -0.25) is 0 Å². The molecule has 0 spiro atoms. The van der Waals surface area contributed by atoms with Crippen molar-refractivity contribution in [3.05, 3.63) is 0 Å². The van der Waals surface area contributed by atoms with E-state index >= 15 is 0 Å². The van der Waals surface area contributed by atoms with Gasteiger partial charge in [0.2, 0.25) is 0 Å². The monoisotopic (exact) mass is 298 g/mol. The largest absolute Gasteiger partial charge is 0.394 e. The molecule has 2 N–H and O–H groups in total. The molecule has 0 aromatic carbocycles. The van der Waals surface area contributed by atoms with E-state index in [2.05, 4.69) is 44.8 Å². The van der Waals surface area contributed by atoms with Gasteiger partial charge in [-0.05, 0) is 63.6 Å². The lowest BCUT2D eigenvalue weighted by molar-refractivity contribution is 0.119. The number of aliphatic hydroxyl groups is 1. The maximum Gasteiger partial charge on any atom is 0.0613 e. The fraction of sp³-hybridized carbons (Fsp3) is 1.00. The molecule has 1 aliphatic rings. The first-order valence-electron chi connectivity index (χ1n) is 9.03. The van der Waals surface area contributed by atoms with E-state index in [0.29, 0.717) is 6.04 Å². The highest BCUT2D eigenvalue weighted by Crippen LogP contribution is 2.25. The van der Waals surface area contributed by atoms with E-state index in [-0.39, 0.29) is 12.1 Å². The first kappa shape index (κ1) is 18.9. The maximum absolute atomic E-state index is 9.78. The van der Waals surface area contributed by atoms with Crippen molar-refractivity contribution in [2.45, 2.75) is 78.3 Å². The van der Waals surface area contributed by atoms with E-state index < -0.39 is 0 Å². The average Bonchev–Trinajstić information content (AvgIpc) is 2.46. The molecule has 0 aromatic rings. The highest BCUT2D eigenvalue weighted by Gasteiger charge is 2.28. The second kappa shape index (κ2) is 9.12. The van der Waals surface area contributed by atoms with Crippen molar-refractivity contribution >= 4 is 0 Å². The first-order valence-corrected chi connectivity index (χ1v) is 9.03. The third-order valence-electron chi connectivity index (χ3n) is 5.28. The van der Waals surface area contributed by atoms with Crippen LogP contribution in [0.3, 0.4) is 0 Å². The van der Waals surface area contributed by atoms with Gasteiger partial charge in [0.15, 0.2) is 0 Å². The highest BCUT2D eigenvalue weighted by molar-refractivity contribution is 4.88. The number of aliphatic hydroxyl groups excluding tert-OH is 1. The summed E-state index contributed by atoms with van der Waals surface area (Å²) in [7, 11) is 0. The summed E-state index contributed by atoms with van der Waals surface area (Å²) in [5, 5.41) is 13.4. The molecule has 1 saturated heterocycles. The Morgan fingerprint density at radius 1 is 1.19 bits per heavy atom. The molecular weight excluding hydrogens is 260 g/mol. The number of nitrogens with one attached hydrogen (secondary N) is 1. The van der Waals surface area contributed by atoms with Crippen molar-refractivity contribution < 1.29 is 5.11 Å². The molecule has 0 saturated carbocycles. The van der Waals surface area contributed by atoms with Crippen molar-refractivity contribution in [1.29, 1.82) is 0 Å². The summed E-state index contributed by atoms with van der Waals surface area (Å²) in [5.74, 6) is 1.76. The molecule has 1 aliphatic heterocycles. The van der Waals surface area contributed by atoms with Gasteiger partial charge in [-0.25, -0.2) is 0 Å². The number of nitrogens with zero attached hydrogens (tertiary/aromatic N) is 1. The number of hydrogen-bond donors (Lipinski definition) is 2. The highest BCUT2D eigenvalue weighted by atomic mass is 16.3. The van der Waals surface area contributed by atoms with E-state index in [0.717, 1.165) is 24.7 Å². The maximum atomic E-state index is 9.78. The smallest absolute Gasteiger partial charge is 0.0613 e. The van der Waals surface area contributed by atoms with Gasteiger partial charge < -0.3 is 15.3 Å². The van der Waals surface area contributed by atoms with Crippen LogP contribution in [0, 0.1) is 11.8 Å². The van der Waals surface area contributed by atoms with Crippen LogP contribution in [0.15, 0.2) is 0 Å². The van der Waals surface area contributed by atoms with E-state index in [4.69, 9.17) is 0 Å². The summed E-state index contributed by atoms with van der Waals surface area (Å²) >= 11 is 0. The average molecular weight is 299 g/mol. The standard InChI is InChI=1S/C18H38N2O/c1-6-18(14-21,19-16(4)5)10-7-11-20-12-8-17(9-13-20)15(2)3/h15-17,19,21H,6-14H2,1-5H3. The Morgan fingerprint density at radius 2 is 1.81 bits per heavy atom. The zero-order chi connectivity index (χ0) is 15.9. The lowest BCUT2D eigenvalue weighted by atomic mass is 9.86. The van der Waals surface area contributed by atoms with Crippen LogP contribution in [-0.4, -0.2) is 47.8 Å². The van der Waals surface area contributed by atoms with Crippen molar-refractivity contribution in [2.24, 2.45) is 11.8 Å². The van der Waals surface area contributed by atoms with Gasteiger partial charge in [0.1, 0.15) is 0 Å². The van der Waals surface area contributed by atoms with Crippen LogP contribution in [-0.2, 0) is 0 Å². The predicted octanol–water partition coefficient (Wildman–Crippen LogP) is 3.27. The topological polar surface area (TPSA) is 35.5 Å². The molecule has 3 heteroatoms. The molecule has 21 heavy (non-hydrogen) atoms. The molecule has 126 valence electrons. The summed E-state index contributed by atoms with van der Waals surface area (Å²) in [4.78, 5) is 2.62. The Balaban J connectivity index is 2.32. The van der Waals surface area contributed by atoms with Crippen LogP contribution >= 0.6 is 0 Å². The van der Waals surface area contributed by atoms with Crippen LogP contribution in [0.4, 0.5) is 0 Å². The number of likely N-dealkylation sites (tertiary alicyclic amines) is 1. The summed E-state index contributed by atoms with van der Waals surface area (Å²) in [6, 6.07) is 0.430. The van der Waals surface area contributed by atoms with Gasteiger partial charge in [-0.1, -0.05) is 34.6 Å². The van der Waals surface area contributed by atoms with Crippen LogP contribution in [0.1, 0.15) is 66.7 Å². The molecule has 1 heterocycles. The molecule has 1 rings (SSSR count). The Bertz CT molecular complexity index is 266. The Morgan fingerprint density at radius 3 is 2.24 bits per heavy atom. The summed E-state index contributed by atoms with van der Waals surface area (Å²) in [6.07, 6.45) is 5.97. The predicted molar refractivity (Wildman–Crippen MR) is 91.6 cm³/mol. The summed E-state index contributed by atoms with van der Waals surface area (Å²) in [6.45, 7) is 15.2. The molecule has 1 atom stereocenters. The van der Waals surface area contributed by atoms with Crippen molar-refractivity contribution in [1.82, 2.24) is 10.2 Å². The minimum atomic E-state index is -0.0789. The molecule has 1 unspecified atom stereocenters. The van der Waals surface area contributed by atoms with E-state index in [1.165, 1.54) is 38.9 Å². The van der Waals surface area contributed by atoms with Gasteiger partial charge in [0.05, 0.1) is 6.61 Å². The normalized spacial score (nSPS) is 21.1. The fourth-order valence-electron chi connectivity index (χ4n) is 3.68. The number of piperidine rings is 1. The van der Waals surface area contributed by atoms with Gasteiger partial charge in [-0.2, -0.15) is 0 Å². The van der Waals surface area contributed by atoms with E-state index in [9.17, 15) is 5.11 Å². The number of hydrogen-bond acceptors (Lipinski definition) is 3. The molecule has 0 aromatic heterocycles. The molecule has 0 bridgehead atoms. The third kappa shape index (κ3) is 6.25. The Kier molecular flexibility index (Phi) is 8.22. The lowest BCUT2D eigenvalue weighted by Gasteiger charge is -2.37. The minimum absolute atomic E-state index is 0.0789. The fourth-order valence-corrected chi connectivity index (χ4v) is 3.68. The van der Waals surface area contributed by atoms with E-state index in [1.54, 1.807) is 0 Å². The van der Waals surface area contributed by atoms with Crippen molar-refractivity contribution in [2.75, 3.05) is 26.2 Å².